The lowest BCUT2D eigenvalue weighted by molar-refractivity contribution is 0.240. The molecule has 0 aromatic carbocycles. The van der Waals surface area contributed by atoms with E-state index in [1.807, 2.05) is 0 Å². The third kappa shape index (κ3) is 4.99. The van der Waals surface area contributed by atoms with Crippen molar-refractivity contribution in [2.24, 2.45) is 11.1 Å². The summed E-state index contributed by atoms with van der Waals surface area (Å²) in [4.78, 5) is 0. The van der Waals surface area contributed by atoms with Gasteiger partial charge >= 0.3 is 0 Å². The van der Waals surface area contributed by atoms with E-state index in [1.54, 1.807) is 0 Å². The zero-order valence-corrected chi connectivity index (χ0v) is 10.4. The van der Waals surface area contributed by atoms with Crippen molar-refractivity contribution in [1.82, 2.24) is 0 Å². The van der Waals surface area contributed by atoms with Crippen molar-refractivity contribution in [2.75, 3.05) is 6.54 Å². The van der Waals surface area contributed by atoms with Crippen LogP contribution < -0.4 is 5.73 Å². The lowest BCUT2D eigenvalue weighted by atomic mass is 9.78. The molecule has 0 aromatic heterocycles. The third-order valence-electron chi connectivity index (χ3n) is 3.74. The largest absolute Gasteiger partial charge is 0.330 e. The van der Waals surface area contributed by atoms with E-state index in [2.05, 4.69) is 20.8 Å². The molecule has 0 aliphatic heterocycles. The Morgan fingerprint density at radius 3 is 1.86 bits per heavy atom. The highest BCUT2D eigenvalue weighted by Crippen LogP contribution is 2.31. The fourth-order valence-corrected chi connectivity index (χ4v) is 2.10. The summed E-state index contributed by atoms with van der Waals surface area (Å²) in [7, 11) is 0. The lowest BCUT2D eigenvalue weighted by Gasteiger charge is -2.30. The molecule has 0 aromatic rings. The lowest BCUT2D eigenvalue weighted by Crippen LogP contribution is -2.29. The molecule has 0 radical (unpaired) electrons. The van der Waals surface area contributed by atoms with Gasteiger partial charge in [0.1, 0.15) is 0 Å². The molecule has 1 nitrogen and oxygen atoms in total. The molecule has 0 aliphatic rings. The van der Waals surface area contributed by atoms with Gasteiger partial charge in [-0.3, -0.25) is 0 Å². The van der Waals surface area contributed by atoms with Gasteiger partial charge in [-0.25, -0.2) is 0 Å². The van der Waals surface area contributed by atoms with Crippen molar-refractivity contribution in [1.29, 1.82) is 0 Å². The van der Waals surface area contributed by atoms with Gasteiger partial charge in [0, 0.05) is 0 Å². The van der Waals surface area contributed by atoms with Crippen LogP contribution in [-0.4, -0.2) is 6.54 Å². The summed E-state index contributed by atoms with van der Waals surface area (Å²) in [5, 5.41) is 0. The Kier molecular flexibility index (Phi) is 8.26. The van der Waals surface area contributed by atoms with Gasteiger partial charge < -0.3 is 5.73 Å². The van der Waals surface area contributed by atoms with Crippen LogP contribution >= 0.6 is 0 Å². The van der Waals surface area contributed by atoms with Crippen LogP contribution in [0.1, 0.15) is 72.1 Å². The van der Waals surface area contributed by atoms with E-state index in [0.29, 0.717) is 5.41 Å². The normalized spacial score (nSPS) is 12.0. The second-order valence-electron chi connectivity index (χ2n) is 4.58. The fourth-order valence-electron chi connectivity index (χ4n) is 2.10. The fraction of sp³-hybridized carbons (Fsp3) is 1.00. The molecule has 0 heterocycles. The summed E-state index contributed by atoms with van der Waals surface area (Å²) in [6, 6.07) is 0. The minimum atomic E-state index is 0.451. The van der Waals surface area contributed by atoms with E-state index in [0.717, 1.165) is 6.54 Å². The van der Waals surface area contributed by atoms with Crippen molar-refractivity contribution < 1.29 is 0 Å². The number of rotatable bonds is 9. The first-order chi connectivity index (χ1) is 6.74. The Morgan fingerprint density at radius 2 is 1.43 bits per heavy atom. The van der Waals surface area contributed by atoms with Crippen LogP contribution in [0, 0.1) is 5.41 Å². The first kappa shape index (κ1) is 14.0. The predicted molar refractivity (Wildman–Crippen MR) is 65.4 cm³/mol. The third-order valence-corrected chi connectivity index (χ3v) is 3.74. The average Bonchev–Trinajstić information content (AvgIpc) is 2.24. The molecule has 0 amide bonds. The van der Waals surface area contributed by atoms with Crippen LogP contribution in [0.2, 0.25) is 0 Å². The maximum atomic E-state index is 5.87. The molecular weight excluding hydrogens is 170 g/mol. The van der Waals surface area contributed by atoms with Gasteiger partial charge in [-0.2, -0.15) is 0 Å². The van der Waals surface area contributed by atoms with Gasteiger partial charge in [-0.1, -0.05) is 52.9 Å². The molecular formula is C13H29N. The summed E-state index contributed by atoms with van der Waals surface area (Å²) in [6.07, 6.45) is 10.7. The Labute approximate surface area is 90.5 Å². The summed E-state index contributed by atoms with van der Waals surface area (Å²) >= 11 is 0. The van der Waals surface area contributed by atoms with E-state index in [9.17, 15) is 0 Å². The minimum absolute atomic E-state index is 0.451. The van der Waals surface area contributed by atoms with Crippen LogP contribution in [0.3, 0.4) is 0 Å². The zero-order chi connectivity index (χ0) is 10.9. The predicted octanol–water partition coefficient (Wildman–Crippen LogP) is 4.11. The Balaban J connectivity index is 3.61. The molecule has 0 spiro atoms. The molecule has 0 atom stereocenters. The number of hydrogen-bond acceptors (Lipinski definition) is 1. The number of unbranched alkanes of at least 4 members (excludes halogenated alkanes) is 4. The van der Waals surface area contributed by atoms with Crippen molar-refractivity contribution in [2.45, 2.75) is 72.1 Å². The second-order valence-corrected chi connectivity index (χ2v) is 4.58. The smallest absolute Gasteiger partial charge is 0.00207 e. The Morgan fingerprint density at radius 1 is 0.857 bits per heavy atom. The minimum Gasteiger partial charge on any atom is -0.330 e. The maximum absolute atomic E-state index is 5.87. The summed E-state index contributed by atoms with van der Waals surface area (Å²) in [5.74, 6) is 0. The van der Waals surface area contributed by atoms with Crippen molar-refractivity contribution in [3.05, 3.63) is 0 Å². The van der Waals surface area contributed by atoms with Crippen LogP contribution in [0.5, 0.6) is 0 Å². The molecule has 0 aliphatic carbocycles. The van der Waals surface area contributed by atoms with Gasteiger partial charge in [0.05, 0.1) is 0 Å². The highest BCUT2D eigenvalue weighted by Gasteiger charge is 2.23. The topological polar surface area (TPSA) is 26.0 Å². The van der Waals surface area contributed by atoms with E-state index in [4.69, 9.17) is 5.73 Å². The van der Waals surface area contributed by atoms with Crippen molar-refractivity contribution in [3.8, 4) is 0 Å². The van der Waals surface area contributed by atoms with E-state index < -0.39 is 0 Å². The molecule has 1 heteroatoms. The molecule has 86 valence electrons. The van der Waals surface area contributed by atoms with Crippen LogP contribution in [0.4, 0.5) is 0 Å². The first-order valence-electron chi connectivity index (χ1n) is 6.44. The number of hydrogen-bond donors (Lipinski definition) is 1. The summed E-state index contributed by atoms with van der Waals surface area (Å²) in [5.41, 5.74) is 6.32. The highest BCUT2D eigenvalue weighted by atomic mass is 14.6. The standard InChI is InChI=1S/C13H29N/c1-4-7-8-9-10-11-13(5-2,6-3)12-14/h4-12,14H2,1-3H3. The Bertz CT molecular complexity index is 108. The van der Waals surface area contributed by atoms with E-state index in [-0.39, 0.29) is 0 Å². The monoisotopic (exact) mass is 199 g/mol. The quantitative estimate of drug-likeness (QED) is 0.556. The molecule has 0 saturated heterocycles. The number of nitrogens with two attached hydrogens (primary N) is 1. The molecule has 0 rings (SSSR count). The highest BCUT2D eigenvalue weighted by molar-refractivity contribution is 4.77. The van der Waals surface area contributed by atoms with Crippen LogP contribution in [0.25, 0.3) is 0 Å². The molecule has 14 heavy (non-hydrogen) atoms. The SMILES string of the molecule is CCCCCCCC(CC)(CC)CN. The van der Waals surface area contributed by atoms with Crippen LogP contribution in [-0.2, 0) is 0 Å². The molecule has 0 fully saturated rings. The molecule has 0 unspecified atom stereocenters. The molecule has 0 bridgehead atoms. The maximum Gasteiger partial charge on any atom is -0.00207 e. The van der Waals surface area contributed by atoms with Crippen molar-refractivity contribution in [3.63, 3.8) is 0 Å². The first-order valence-corrected chi connectivity index (χ1v) is 6.44. The average molecular weight is 199 g/mol. The van der Waals surface area contributed by atoms with E-state index >= 15 is 0 Å². The second kappa shape index (κ2) is 8.28. The zero-order valence-electron chi connectivity index (χ0n) is 10.4. The summed E-state index contributed by atoms with van der Waals surface area (Å²) < 4.78 is 0. The Hall–Kier alpha value is -0.0400. The molecule has 2 N–H and O–H groups in total. The summed E-state index contributed by atoms with van der Waals surface area (Å²) in [6.45, 7) is 7.70. The van der Waals surface area contributed by atoms with Gasteiger partial charge in [0.2, 0.25) is 0 Å². The van der Waals surface area contributed by atoms with Gasteiger partial charge in [-0.15, -0.1) is 0 Å². The molecule has 0 saturated carbocycles. The van der Waals surface area contributed by atoms with Gasteiger partial charge in [0.15, 0.2) is 0 Å². The van der Waals surface area contributed by atoms with Gasteiger partial charge in [0.25, 0.3) is 0 Å². The van der Waals surface area contributed by atoms with Gasteiger partial charge in [-0.05, 0) is 31.2 Å². The van der Waals surface area contributed by atoms with Crippen molar-refractivity contribution >= 4 is 0 Å². The van der Waals surface area contributed by atoms with E-state index in [1.165, 1.54) is 51.4 Å². The van der Waals surface area contributed by atoms with Crippen LogP contribution in [0.15, 0.2) is 0 Å².